The summed E-state index contributed by atoms with van der Waals surface area (Å²) in [6, 6.07) is 7.46. The minimum Gasteiger partial charge on any atom is -0.306 e. The van der Waals surface area contributed by atoms with Crippen LogP contribution >= 0.6 is 0 Å². The van der Waals surface area contributed by atoms with Crippen LogP contribution in [0.5, 0.6) is 0 Å². The number of hydrogen-bond donors (Lipinski definition) is 0. The van der Waals surface area contributed by atoms with E-state index in [0.717, 1.165) is 11.8 Å². The normalized spacial score (nSPS) is 14.1. The Morgan fingerprint density at radius 1 is 1.06 bits per heavy atom. The van der Waals surface area contributed by atoms with Crippen molar-refractivity contribution in [1.82, 2.24) is 4.90 Å². The lowest BCUT2D eigenvalue weighted by molar-refractivity contribution is 0.112. The molecule has 2 rings (SSSR count). The average Bonchev–Trinajstić information content (AvgIpc) is 2.85. The number of aldehydes is 1. The van der Waals surface area contributed by atoms with Crippen molar-refractivity contribution in [2.45, 2.75) is 33.6 Å². The number of rotatable bonds is 1. The summed E-state index contributed by atoms with van der Waals surface area (Å²) in [5.41, 5.74) is 1.92. The number of nitrogens with zero attached hydrogens (tertiary/aromatic N) is 1. The minimum atomic E-state index is 0.737. The van der Waals surface area contributed by atoms with Gasteiger partial charge in [-0.3, -0.25) is 4.79 Å². The first-order chi connectivity index (χ1) is 8.22. The summed E-state index contributed by atoms with van der Waals surface area (Å²) in [5.74, 6) is 0. The zero-order valence-electron chi connectivity index (χ0n) is 11.6. The zero-order chi connectivity index (χ0) is 13.1. The van der Waals surface area contributed by atoms with E-state index in [1.165, 1.54) is 31.5 Å². The van der Waals surface area contributed by atoms with Crippen LogP contribution < -0.4 is 0 Å². The van der Waals surface area contributed by atoms with Crippen LogP contribution in [0.2, 0.25) is 0 Å². The molecule has 0 unspecified atom stereocenters. The Kier molecular flexibility index (Phi) is 9.35. The topological polar surface area (TPSA) is 20.3 Å². The third-order valence-corrected chi connectivity index (χ3v) is 2.54. The lowest BCUT2D eigenvalue weighted by atomic mass is 10.2. The molecule has 1 aromatic carbocycles. The quantitative estimate of drug-likeness (QED) is 0.694. The first kappa shape index (κ1) is 15.9. The largest absolute Gasteiger partial charge is 0.306 e. The van der Waals surface area contributed by atoms with Gasteiger partial charge in [0.2, 0.25) is 0 Å². The highest BCUT2D eigenvalue weighted by atomic mass is 16.1. The lowest BCUT2D eigenvalue weighted by Crippen LogP contribution is -2.10. The summed E-state index contributed by atoms with van der Waals surface area (Å²) < 4.78 is 0. The number of carbonyl (C=O) groups excluding carboxylic acids is 1. The fourth-order valence-electron chi connectivity index (χ4n) is 1.52. The highest BCUT2D eigenvalue weighted by molar-refractivity contribution is 5.74. The van der Waals surface area contributed by atoms with Crippen LogP contribution in [0.1, 0.15) is 42.6 Å². The molecule has 0 atom stereocenters. The maximum Gasteiger partial charge on any atom is 0.150 e. The van der Waals surface area contributed by atoms with Gasteiger partial charge in [0.25, 0.3) is 0 Å². The summed E-state index contributed by atoms with van der Waals surface area (Å²) >= 11 is 0. The molecule has 1 saturated heterocycles. The van der Waals surface area contributed by atoms with E-state index in [4.69, 9.17) is 0 Å². The minimum absolute atomic E-state index is 0.737. The number of benzene rings is 1. The molecule has 96 valence electrons. The Morgan fingerprint density at radius 2 is 1.53 bits per heavy atom. The number of likely N-dealkylation sites (tertiary alicyclic amines) is 1. The molecule has 0 aliphatic carbocycles. The van der Waals surface area contributed by atoms with E-state index in [-0.39, 0.29) is 0 Å². The van der Waals surface area contributed by atoms with E-state index in [2.05, 4.69) is 11.9 Å². The van der Waals surface area contributed by atoms with Gasteiger partial charge in [-0.05, 0) is 39.9 Å². The molecule has 1 aromatic rings. The van der Waals surface area contributed by atoms with Crippen molar-refractivity contribution in [2.24, 2.45) is 0 Å². The third-order valence-electron chi connectivity index (χ3n) is 2.54. The molecular formula is C15H25NO. The predicted octanol–water partition coefficient (Wildman–Crippen LogP) is 3.55. The Morgan fingerprint density at radius 3 is 1.82 bits per heavy atom. The smallest absolute Gasteiger partial charge is 0.150 e. The van der Waals surface area contributed by atoms with E-state index < -0.39 is 0 Å². The summed E-state index contributed by atoms with van der Waals surface area (Å²) in [4.78, 5) is 12.5. The number of hydrogen-bond acceptors (Lipinski definition) is 2. The Labute approximate surface area is 106 Å². The van der Waals surface area contributed by atoms with Gasteiger partial charge in [0.05, 0.1) is 0 Å². The van der Waals surface area contributed by atoms with E-state index in [9.17, 15) is 4.79 Å². The molecule has 0 bridgehead atoms. The average molecular weight is 235 g/mol. The molecular weight excluding hydrogens is 210 g/mol. The molecule has 1 fully saturated rings. The van der Waals surface area contributed by atoms with Crippen LogP contribution in [-0.4, -0.2) is 31.3 Å². The molecule has 1 heterocycles. The molecule has 0 spiro atoms. The lowest BCUT2D eigenvalue weighted by Gasteiger charge is -2.01. The predicted molar refractivity (Wildman–Crippen MR) is 74.6 cm³/mol. The Balaban J connectivity index is 0.000000278. The van der Waals surface area contributed by atoms with Gasteiger partial charge in [0.15, 0.2) is 0 Å². The van der Waals surface area contributed by atoms with Gasteiger partial charge in [0, 0.05) is 5.56 Å². The highest BCUT2D eigenvalue weighted by Crippen LogP contribution is 2.02. The van der Waals surface area contributed by atoms with Crippen molar-refractivity contribution in [3.63, 3.8) is 0 Å². The van der Waals surface area contributed by atoms with Crippen LogP contribution in [0.15, 0.2) is 24.3 Å². The second-order valence-electron chi connectivity index (χ2n) is 4.04. The molecule has 17 heavy (non-hydrogen) atoms. The maximum absolute atomic E-state index is 10.1. The highest BCUT2D eigenvalue weighted by Gasteiger charge is 2.03. The molecule has 1 aliphatic heterocycles. The molecule has 0 saturated carbocycles. The van der Waals surface area contributed by atoms with Crippen molar-refractivity contribution in [3.05, 3.63) is 35.4 Å². The first-order valence-corrected chi connectivity index (χ1v) is 6.43. The van der Waals surface area contributed by atoms with Crippen molar-refractivity contribution in [1.29, 1.82) is 0 Å². The fraction of sp³-hybridized carbons (Fsp3) is 0.533. The van der Waals surface area contributed by atoms with E-state index in [0.29, 0.717) is 0 Å². The van der Waals surface area contributed by atoms with Gasteiger partial charge < -0.3 is 4.90 Å². The summed E-state index contributed by atoms with van der Waals surface area (Å²) in [5, 5.41) is 0. The van der Waals surface area contributed by atoms with Crippen LogP contribution in [0, 0.1) is 6.92 Å². The molecule has 0 aromatic heterocycles. The van der Waals surface area contributed by atoms with Crippen molar-refractivity contribution < 1.29 is 4.79 Å². The zero-order valence-corrected chi connectivity index (χ0v) is 11.6. The van der Waals surface area contributed by atoms with Gasteiger partial charge in [0.1, 0.15) is 6.29 Å². The summed E-state index contributed by atoms with van der Waals surface area (Å²) in [6.45, 7) is 8.63. The maximum atomic E-state index is 10.1. The molecule has 0 N–H and O–H groups in total. The molecule has 2 heteroatoms. The second kappa shape index (κ2) is 10.0. The molecule has 0 amide bonds. The molecule has 1 aliphatic rings. The summed E-state index contributed by atoms with van der Waals surface area (Å²) in [7, 11) is 2.17. The second-order valence-corrected chi connectivity index (χ2v) is 4.04. The van der Waals surface area contributed by atoms with Gasteiger partial charge in [-0.15, -0.1) is 0 Å². The van der Waals surface area contributed by atoms with Gasteiger partial charge in [-0.2, -0.15) is 0 Å². The third kappa shape index (κ3) is 7.70. The Bertz CT molecular complexity index is 286. The van der Waals surface area contributed by atoms with Crippen LogP contribution in [0.4, 0.5) is 0 Å². The van der Waals surface area contributed by atoms with Crippen molar-refractivity contribution >= 4 is 6.29 Å². The van der Waals surface area contributed by atoms with E-state index >= 15 is 0 Å². The van der Waals surface area contributed by atoms with Crippen molar-refractivity contribution in [3.8, 4) is 0 Å². The van der Waals surface area contributed by atoms with E-state index in [1.54, 1.807) is 0 Å². The van der Waals surface area contributed by atoms with Crippen LogP contribution in [0.3, 0.4) is 0 Å². The van der Waals surface area contributed by atoms with Gasteiger partial charge in [-0.25, -0.2) is 0 Å². The monoisotopic (exact) mass is 235 g/mol. The van der Waals surface area contributed by atoms with Gasteiger partial charge >= 0.3 is 0 Å². The summed E-state index contributed by atoms with van der Waals surface area (Å²) in [6.07, 6.45) is 3.67. The number of aryl methyl sites for hydroxylation is 1. The SMILES string of the molecule is CC.CN1CCCC1.Cc1ccc(C=O)cc1. The van der Waals surface area contributed by atoms with Gasteiger partial charge in [-0.1, -0.05) is 43.7 Å². The fourth-order valence-corrected chi connectivity index (χ4v) is 1.52. The van der Waals surface area contributed by atoms with Crippen molar-refractivity contribution in [2.75, 3.05) is 20.1 Å². The number of carbonyl (C=O) groups is 1. The van der Waals surface area contributed by atoms with Crippen LogP contribution in [-0.2, 0) is 0 Å². The molecule has 2 nitrogen and oxygen atoms in total. The Hall–Kier alpha value is -1.15. The first-order valence-electron chi connectivity index (χ1n) is 6.43. The standard InChI is InChI=1S/C8H8O.C5H11N.C2H6/c1-7-2-4-8(6-9)5-3-7;1-6-4-2-3-5-6;1-2/h2-6H,1H3;2-5H2,1H3;1-2H3. The van der Waals surface area contributed by atoms with E-state index in [1.807, 2.05) is 45.0 Å². The molecule has 0 radical (unpaired) electrons. The van der Waals surface area contributed by atoms with Crippen LogP contribution in [0.25, 0.3) is 0 Å².